The van der Waals surface area contributed by atoms with Gasteiger partial charge in [0.15, 0.2) is 0 Å². The number of rotatable bonds is 5. The fourth-order valence-electron chi connectivity index (χ4n) is 2.78. The van der Waals surface area contributed by atoms with E-state index < -0.39 is 0 Å². The van der Waals surface area contributed by atoms with E-state index in [0.29, 0.717) is 6.04 Å². The zero-order chi connectivity index (χ0) is 14.5. The Balaban J connectivity index is 1.41. The summed E-state index contributed by atoms with van der Waals surface area (Å²) in [5.41, 5.74) is 0. The number of piperidine rings is 1. The molecule has 3 rings (SSSR count). The number of nitrogens with zero attached hydrogens (tertiary/aromatic N) is 5. The van der Waals surface area contributed by atoms with Gasteiger partial charge in [-0.05, 0) is 25.0 Å². The fraction of sp³-hybridized carbons (Fsp3) is 0.533. The van der Waals surface area contributed by atoms with Crippen LogP contribution >= 0.6 is 0 Å². The molecule has 112 valence electrons. The lowest BCUT2D eigenvalue weighted by Crippen LogP contribution is -2.43. The minimum absolute atomic E-state index is 0.596. The number of pyridine rings is 1. The predicted octanol–water partition coefficient (Wildman–Crippen LogP) is 1.01. The third-order valence-electron chi connectivity index (χ3n) is 4.05. The lowest BCUT2D eigenvalue weighted by molar-refractivity contribution is 0.414. The van der Waals surface area contributed by atoms with Gasteiger partial charge >= 0.3 is 0 Å². The maximum absolute atomic E-state index is 4.42. The maximum Gasteiger partial charge on any atom is 0.133 e. The first-order chi connectivity index (χ1) is 10.3. The number of hydrogen-bond acceptors (Lipinski definition) is 5. The summed E-state index contributed by atoms with van der Waals surface area (Å²) >= 11 is 0. The van der Waals surface area contributed by atoms with Crippen molar-refractivity contribution in [2.24, 2.45) is 7.05 Å². The van der Waals surface area contributed by atoms with Gasteiger partial charge in [0, 0.05) is 45.3 Å². The molecule has 1 fully saturated rings. The molecule has 6 nitrogen and oxygen atoms in total. The highest BCUT2D eigenvalue weighted by atomic mass is 15.2. The smallest absolute Gasteiger partial charge is 0.133 e. The van der Waals surface area contributed by atoms with Gasteiger partial charge in [0.1, 0.15) is 18.0 Å². The Hall–Kier alpha value is -1.95. The van der Waals surface area contributed by atoms with Crippen molar-refractivity contribution in [1.29, 1.82) is 0 Å². The van der Waals surface area contributed by atoms with Gasteiger partial charge in [0.25, 0.3) is 0 Å². The van der Waals surface area contributed by atoms with Crippen LogP contribution < -0.4 is 10.2 Å². The molecule has 1 aliphatic heterocycles. The minimum Gasteiger partial charge on any atom is -0.357 e. The largest absolute Gasteiger partial charge is 0.357 e. The minimum atomic E-state index is 0.596. The number of aryl methyl sites for hydroxylation is 1. The summed E-state index contributed by atoms with van der Waals surface area (Å²) in [6, 6.07) is 6.69. The fourth-order valence-corrected chi connectivity index (χ4v) is 2.78. The normalized spacial score (nSPS) is 16.3. The van der Waals surface area contributed by atoms with E-state index in [1.807, 2.05) is 29.9 Å². The first-order valence-electron chi connectivity index (χ1n) is 7.55. The Morgan fingerprint density at radius 2 is 2.14 bits per heavy atom. The molecule has 0 aliphatic carbocycles. The van der Waals surface area contributed by atoms with E-state index >= 15 is 0 Å². The van der Waals surface area contributed by atoms with Gasteiger partial charge in [-0.2, -0.15) is 0 Å². The predicted molar refractivity (Wildman–Crippen MR) is 82.2 cm³/mol. The van der Waals surface area contributed by atoms with Crippen molar-refractivity contribution >= 4 is 5.82 Å². The molecule has 2 aromatic rings. The second-order valence-electron chi connectivity index (χ2n) is 5.51. The van der Waals surface area contributed by atoms with Crippen molar-refractivity contribution in [3.8, 4) is 0 Å². The molecular formula is C15H22N6. The summed E-state index contributed by atoms with van der Waals surface area (Å²) in [5, 5.41) is 11.6. The van der Waals surface area contributed by atoms with Crippen molar-refractivity contribution in [2.75, 3.05) is 24.5 Å². The highest BCUT2D eigenvalue weighted by Crippen LogP contribution is 2.17. The molecule has 1 aliphatic rings. The first-order valence-corrected chi connectivity index (χ1v) is 7.55. The average molecular weight is 286 g/mol. The topological polar surface area (TPSA) is 58.9 Å². The highest BCUT2D eigenvalue weighted by Gasteiger charge is 2.19. The van der Waals surface area contributed by atoms with Gasteiger partial charge in [-0.15, -0.1) is 10.2 Å². The van der Waals surface area contributed by atoms with Gasteiger partial charge in [-0.3, -0.25) is 0 Å². The molecule has 0 atom stereocenters. The van der Waals surface area contributed by atoms with Crippen molar-refractivity contribution < 1.29 is 0 Å². The Morgan fingerprint density at radius 3 is 2.81 bits per heavy atom. The standard InChI is InChI=1S/C15H22N6/c1-20-12-18-19-15(20)5-9-16-13-6-10-21(11-7-13)14-4-2-3-8-17-14/h2-4,8,12-13,16H,5-7,9-11H2,1H3. The van der Waals surface area contributed by atoms with E-state index in [4.69, 9.17) is 0 Å². The molecule has 0 saturated carbocycles. The quantitative estimate of drug-likeness (QED) is 0.889. The zero-order valence-corrected chi connectivity index (χ0v) is 12.4. The van der Waals surface area contributed by atoms with E-state index in [0.717, 1.165) is 50.5 Å². The van der Waals surface area contributed by atoms with Gasteiger partial charge in [0.05, 0.1) is 0 Å². The SMILES string of the molecule is Cn1cnnc1CCNC1CCN(c2ccccn2)CC1. The van der Waals surface area contributed by atoms with E-state index in [2.05, 4.69) is 31.5 Å². The summed E-state index contributed by atoms with van der Waals surface area (Å²) in [6.45, 7) is 3.10. The molecule has 6 heteroatoms. The summed E-state index contributed by atoms with van der Waals surface area (Å²) in [5.74, 6) is 2.13. The molecule has 0 radical (unpaired) electrons. The summed E-state index contributed by atoms with van der Waals surface area (Å²) in [6.07, 6.45) is 6.86. The maximum atomic E-state index is 4.42. The third kappa shape index (κ3) is 3.58. The molecule has 0 bridgehead atoms. The highest BCUT2D eigenvalue weighted by molar-refractivity contribution is 5.38. The van der Waals surface area contributed by atoms with Crippen LogP contribution in [0.15, 0.2) is 30.7 Å². The van der Waals surface area contributed by atoms with Crippen LogP contribution in [0.3, 0.4) is 0 Å². The Bertz CT molecular complexity index is 544. The van der Waals surface area contributed by atoms with Crippen LogP contribution in [0.2, 0.25) is 0 Å². The molecule has 0 amide bonds. The van der Waals surface area contributed by atoms with Gasteiger partial charge in [0.2, 0.25) is 0 Å². The molecule has 0 spiro atoms. The number of aromatic nitrogens is 4. The van der Waals surface area contributed by atoms with Crippen LogP contribution in [0.5, 0.6) is 0 Å². The van der Waals surface area contributed by atoms with Gasteiger partial charge in [-0.25, -0.2) is 4.98 Å². The van der Waals surface area contributed by atoms with Crippen LogP contribution in [0.1, 0.15) is 18.7 Å². The molecule has 0 unspecified atom stereocenters. The Labute approximate surface area is 125 Å². The molecular weight excluding hydrogens is 264 g/mol. The lowest BCUT2D eigenvalue weighted by atomic mass is 10.0. The molecule has 2 aromatic heterocycles. The third-order valence-corrected chi connectivity index (χ3v) is 4.05. The Morgan fingerprint density at radius 1 is 1.29 bits per heavy atom. The molecule has 0 aromatic carbocycles. The molecule has 21 heavy (non-hydrogen) atoms. The number of anilines is 1. The van der Waals surface area contributed by atoms with Crippen LogP contribution in [-0.2, 0) is 13.5 Å². The Kier molecular flexibility index (Phi) is 4.45. The second kappa shape index (κ2) is 6.67. The van der Waals surface area contributed by atoms with E-state index in [1.165, 1.54) is 0 Å². The van der Waals surface area contributed by atoms with Crippen LogP contribution in [-0.4, -0.2) is 45.4 Å². The average Bonchev–Trinajstić information content (AvgIpc) is 2.94. The van der Waals surface area contributed by atoms with E-state index in [1.54, 1.807) is 6.33 Å². The number of hydrogen-bond donors (Lipinski definition) is 1. The van der Waals surface area contributed by atoms with Crippen LogP contribution in [0, 0.1) is 0 Å². The van der Waals surface area contributed by atoms with Crippen molar-refractivity contribution in [2.45, 2.75) is 25.3 Å². The summed E-state index contributed by atoms with van der Waals surface area (Å²) in [4.78, 5) is 6.78. The van der Waals surface area contributed by atoms with Crippen LogP contribution in [0.4, 0.5) is 5.82 Å². The molecule has 3 heterocycles. The lowest BCUT2D eigenvalue weighted by Gasteiger charge is -2.33. The molecule has 1 saturated heterocycles. The first kappa shape index (κ1) is 14.0. The summed E-state index contributed by atoms with van der Waals surface area (Å²) < 4.78 is 1.98. The van der Waals surface area contributed by atoms with Crippen molar-refractivity contribution in [1.82, 2.24) is 25.1 Å². The van der Waals surface area contributed by atoms with Crippen molar-refractivity contribution in [3.05, 3.63) is 36.5 Å². The van der Waals surface area contributed by atoms with Crippen LogP contribution in [0.25, 0.3) is 0 Å². The number of nitrogens with one attached hydrogen (secondary N) is 1. The van der Waals surface area contributed by atoms with Crippen molar-refractivity contribution in [3.63, 3.8) is 0 Å². The summed E-state index contributed by atoms with van der Waals surface area (Å²) in [7, 11) is 1.99. The monoisotopic (exact) mass is 286 g/mol. The second-order valence-corrected chi connectivity index (χ2v) is 5.51. The van der Waals surface area contributed by atoms with E-state index in [9.17, 15) is 0 Å². The van der Waals surface area contributed by atoms with Gasteiger partial charge in [-0.1, -0.05) is 6.07 Å². The van der Waals surface area contributed by atoms with Gasteiger partial charge < -0.3 is 14.8 Å². The molecule has 1 N–H and O–H groups in total. The zero-order valence-electron chi connectivity index (χ0n) is 12.4. The van der Waals surface area contributed by atoms with E-state index in [-0.39, 0.29) is 0 Å².